The molecule has 7 heteroatoms. The van der Waals surface area contributed by atoms with E-state index in [1.54, 1.807) is 0 Å². The van der Waals surface area contributed by atoms with Crippen LogP contribution in [-0.4, -0.2) is 19.4 Å². The molecule has 0 aromatic heterocycles. The predicted molar refractivity (Wildman–Crippen MR) is 18.2 cm³/mol. The Morgan fingerprint density at radius 3 is 0.700 bits per heavy atom. The van der Waals surface area contributed by atoms with Crippen LogP contribution in [-0.2, 0) is 36.1 Å². The minimum Gasteiger partial charge on any atom is -0.554 e. The first-order valence-corrected chi connectivity index (χ1v) is 1.41. The van der Waals surface area contributed by atoms with Gasteiger partial charge in [0.2, 0.25) is 0 Å². The van der Waals surface area contributed by atoms with Gasteiger partial charge in [-0.1, -0.05) is 0 Å². The molecular weight excluding hydrogens is 180 g/mol. The van der Waals surface area contributed by atoms with Gasteiger partial charge >= 0.3 is 21.7 Å². The van der Waals surface area contributed by atoms with Crippen LogP contribution < -0.4 is 15.3 Å². The Kier molecular flexibility index (Phi) is 210. The smallest absolute Gasteiger partial charge is 0.554 e. The van der Waals surface area contributed by atoms with Crippen molar-refractivity contribution in [2.75, 3.05) is 0 Å². The number of rotatable bonds is 0. The zero-order chi connectivity index (χ0) is 8.12. The summed E-state index contributed by atoms with van der Waals surface area (Å²) in [5.74, 6) is 0. The Morgan fingerprint density at radius 1 is 0.700 bits per heavy atom. The Hall–Kier alpha value is -0.876. The van der Waals surface area contributed by atoms with Crippen molar-refractivity contribution in [2.45, 2.75) is 0 Å². The molecule has 0 aliphatic carbocycles. The van der Waals surface area contributed by atoms with E-state index < -0.39 is 19.4 Å². The van der Waals surface area contributed by atoms with E-state index in [0.29, 0.717) is 0 Å². The van der Waals surface area contributed by atoms with Crippen molar-refractivity contribution in [3.05, 3.63) is 0 Å². The predicted octanol–water partition coefficient (Wildman–Crippen LogP) is -4.90. The van der Waals surface area contributed by atoms with E-state index in [1.165, 1.54) is 0 Å². The molecule has 0 atom stereocenters. The molecule has 0 saturated carbocycles. The maximum atomic E-state index is 8.25. The number of hydrogen-bond acceptors (Lipinski definition) is 6. The summed E-state index contributed by atoms with van der Waals surface area (Å²) in [5.41, 5.74) is 0. The minimum absolute atomic E-state index is 0. The molecule has 0 aliphatic rings. The fraction of sp³-hybridized carbons (Fsp3) is 0. The maximum Gasteiger partial charge on any atom is 3.00 e. The zero-order valence-corrected chi connectivity index (χ0v) is 6.24. The Labute approximate surface area is 71.4 Å². The first kappa shape index (κ1) is 22.9. The fourth-order valence-electron chi connectivity index (χ4n) is 0. The monoisotopic (exact) mass is 183 g/mol. The van der Waals surface area contributed by atoms with Crippen LogP contribution in [0.4, 0.5) is 0 Å². The van der Waals surface area contributed by atoms with Gasteiger partial charge in [0, 0.05) is 19.4 Å². The third-order valence-electron chi connectivity index (χ3n) is 0. The normalized spacial score (nSPS) is 3.60. The molecule has 0 N–H and O–H groups in total. The third-order valence-corrected chi connectivity index (χ3v) is 0. The summed E-state index contributed by atoms with van der Waals surface area (Å²) in [6.07, 6.45) is 0. The van der Waals surface area contributed by atoms with E-state index in [1.807, 2.05) is 0 Å². The van der Waals surface area contributed by atoms with Gasteiger partial charge in [0.15, 0.2) is 0 Å². The molecule has 0 fully saturated rings. The Morgan fingerprint density at radius 2 is 0.700 bits per heavy atom. The summed E-state index contributed by atoms with van der Waals surface area (Å²) in [5, 5.41) is 24.8. The summed E-state index contributed by atoms with van der Waals surface area (Å²) in [7, 11) is 0. The van der Waals surface area contributed by atoms with Crippen LogP contribution in [0.3, 0.4) is 0 Å². The molecule has 0 amide bonds. The molecule has 0 aromatic carbocycles. The summed E-state index contributed by atoms with van der Waals surface area (Å²) < 4.78 is 0. The first-order chi connectivity index (χ1) is 4.24. The molecule has 0 unspecified atom stereocenters. The summed E-state index contributed by atoms with van der Waals surface area (Å²) in [6, 6.07) is 0. The van der Waals surface area contributed by atoms with Crippen LogP contribution in [0, 0.1) is 0 Å². The molecule has 6 nitrogen and oxygen atoms in total. The Balaban J connectivity index is -0.0000000257. The third kappa shape index (κ3) is 348. The van der Waals surface area contributed by atoms with E-state index in [0.717, 1.165) is 0 Å². The molecule has 10 heavy (non-hydrogen) atoms. The van der Waals surface area contributed by atoms with Gasteiger partial charge in [-0.2, -0.15) is 0 Å². The van der Waals surface area contributed by atoms with Crippen LogP contribution in [0.2, 0.25) is 0 Å². The molecule has 0 heterocycles. The summed E-state index contributed by atoms with van der Waals surface area (Å²) in [6.45, 7) is -1.50. The molecule has 0 saturated heterocycles. The second-order valence-corrected chi connectivity index (χ2v) is 0.289. The molecular formula is C3H3O6Ti. The van der Waals surface area contributed by atoms with Crippen molar-refractivity contribution in [3.63, 3.8) is 0 Å². The number of carboxylic acid groups (broad SMARTS) is 3. The second kappa shape index (κ2) is 91.4. The molecule has 1 radical (unpaired) electrons. The molecule has 55 valence electrons. The summed E-state index contributed by atoms with van der Waals surface area (Å²) >= 11 is 0. The zero-order valence-electron chi connectivity index (χ0n) is 4.68. The van der Waals surface area contributed by atoms with Crippen molar-refractivity contribution >= 4 is 19.4 Å². The van der Waals surface area contributed by atoms with Crippen molar-refractivity contribution in [1.29, 1.82) is 0 Å². The summed E-state index contributed by atoms with van der Waals surface area (Å²) in [4.78, 5) is 24.8. The van der Waals surface area contributed by atoms with E-state index in [-0.39, 0.29) is 21.7 Å². The number of hydrogen-bond donors (Lipinski definition) is 0. The van der Waals surface area contributed by atoms with Gasteiger partial charge in [-0.05, 0) is 0 Å². The van der Waals surface area contributed by atoms with E-state index in [2.05, 4.69) is 0 Å². The van der Waals surface area contributed by atoms with Crippen molar-refractivity contribution < 1.29 is 51.4 Å². The quantitative estimate of drug-likeness (QED) is 0.274. The van der Waals surface area contributed by atoms with Gasteiger partial charge in [0.1, 0.15) is 0 Å². The van der Waals surface area contributed by atoms with Crippen LogP contribution >= 0.6 is 0 Å². The Bertz CT molecular complexity index is 49.7. The average molecular weight is 183 g/mol. The van der Waals surface area contributed by atoms with Crippen LogP contribution in [0.5, 0.6) is 0 Å². The minimum atomic E-state index is -0.500. The van der Waals surface area contributed by atoms with Crippen molar-refractivity contribution in [2.24, 2.45) is 0 Å². The molecule has 0 bridgehead atoms. The van der Waals surface area contributed by atoms with Crippen LogP contribution in [0.25, 0.3) is 0 Å². The van der Waals surface area contributed by atoms with Crippen molar-refractivity contribution in [3.8, 4) is 0 Å². The van der Waals surface area contributed by atoms with Gasteiger partial charge < -0.3 is 29.7 Å². The van der Waals surface area contributed by atoms with Gasteiger partial charge in [0.25, 0.3) is 0 Å². The van der Waals surface area contributed by atoms with Gasteiger partial charge in [-0.25, -0.2) is 0 Å². The SMILES string of the molecule is O=C[O-].O=C[O-].O=C[O-].[Ti+3]. The largest absolute Gasteiger partial charge is 3.00 e. The van der Waals surface area contributed by atoms with E-state index in [4.69, 9.17) is 29.7 Å². The van der Waals surface area contributed by atoms with E-state index >= 15 is 0 Å². The first-order valence-electron chi connectivity index (χ1n) is 1.41. The van der Waals surface area contributed by atoms with Crippen LogP contribution in [0.1, 0.15) is 0 Å². The molecule has 0 aliphatic heterocycles. The molecule has 0 aromatic rings. The molecule has 0 rings (SSSR count). The number of carbonyl (C=O) groups is 3. The van der Waals surface area contributed by atoms with Crippen LogP contribution in [0.15, 0.2) is 0 Å². The van der Waals surface area contributed by atoms with Gasteiger partial charge in [0.05, 0.1) is 0 Å². The number of carbonyl (C=O) groups excluding carboxylic acids is 3. The van der Waals surface area contributed by atoms with Gasteiger partial charge in [-0.15, -0.1) is 0 Å². The fourth-order valence-corrected chi connectivity index (χ4v) is 0. The van der Waals surface area contributed by atoms with E-state index in [9.17, 15) is 0 Å². The second-order valence-electron chi connectivity index (χ2n) is 0.289. The standard InChI is InChI=1S/3CH2O2.Ti/c3*2-1-3;/h3*1H,(H,2,3);/q;;;+3/p-3. The maximum absolute atomic E-state index is 8.25. The average Bonchev–Trinajstić information content (AvgIpc) is 1.70. The molecule has 0 spiro atoms. The van der Waals surface area contributed by atoms with Gasteiger partial charge in [-0.3, -0.25) is 0 Å². The topological polar surface area (TPSA) is 120 Å². The van der Waals surface area contributed by atoms with Crippen molar-refractivity contribution in [1.82, 2.24) is 0 Å².